The minimum atomic E-state index is -0.696. The van der Waals surface area contributed by atoms with Crippen molar-refractivity contribution in [3.63, 3.8) is 0 Å². The molecule has 10 rings (SSSR count). The van der Waals surface area contributed by atoms with Crippen LogP contribution in [0.25, 0.3) is 0 Å². The van der Waals surface area contributed by atoms with Crippen molar-refractivity contribution in [3.8, 4) is 0 Å². The van der Waals surface area contributed by atoms with Gasteiger partial charge in [-0.2, -0.15) is 0 Å². The second-order valence-corrected chi connectivity index (χ2v) is 20.2. The maximum Gasteiger partial charge on any atom is 0.172 e. The predicted octanol–water partition coefficient (Wildman–Crippen LogP) is 8.50. The van der Waals surface area contributed by atoms with Gasteiger partial charge in [0.15, 0.2) is 14.2 Å². The van der Waals surface area contributed by atoms with Gasteiger partial charge in [0.1, 0.15) is 30.5 Å². The first-order valence-corrected chi connectivity index (χ1v) is 23.8. The summed E-state index contributed by atoms with van der Waals surface area (Å²) < 4.78 is 71.4. The summed E-state index contributed by atoms with van der Waals surface area (Å²) in [6.45, 7) is 16.2. The molecule has 20 atom stereocenters. The molecule has 6 bridgehead atoms. The van der Waals surface area contributed by atoms with Crippen LogP contribution >= 0.6 is 17.9 Å². The van der Waals surface area contributed by atoms with E-state index in [4.69, 9.17) is 42.4 Å². The molecular formula is C46H66O10P2. The highest BCUT2D eigenvalue weighted by atomic mass is 31.1. The molecule has 320 valence electrons. The van der Waals surface area contributed by atoms with E-state index in [2.05, 4.69) is 73.7 Å². The molecule has 0 saturated carbocycles. The highest BCUT2D eigenvalue weighted by Crippen LogP contribution is 2.54. The molecule has 1 aromatic carbocycles. The summed E-state index contributed by atoms with van der Waals surface area (Å²) in [7, 11) is 2.38. The average Bonchev–Trinajstić information content (AvgIpc) is 3.90. The summed E-state index contributed by atoms with van der Waals surface area (Å²) in [5, 5.41) is 0. The molecule has 9 fully saturated rings. The third-order valence-corrected chi connectivity index (χ3v) is 16.0. The summed E-state index contributed by atoms with van der Waals surface area (Å²) in [5.41, 5.74) is 3.54. The SMILES string of the molecule is C=C1C[C@H](CC[C@@]23CC4OC5[C@@H](O2)[C@H]2O[C@@H](CC)CC[C@@H]2O[C@H]5[C@H]4O3)OC1CC[C@H]1C[C@@H](C)C(=C)C(C[C@@H]2O[C@H](C[C@@H](COP)P=O)[C@H](C)[C@H]2Cc2ccccc2)O1. The molecule has 9 heterocycles. The summed E-state index contributed by atoms with van der Waals surface area (Å²) in [6, 6.07) is 10.7. The Hall–Kier alpha value is -1.13. The van der Waals surface area contributed by atoms with Crippen LogP contribution in [-0.4, -0.2) is 104 Å². The average molecular weight is 841 g/mol. The fraction of sp³-hybridized carbons (Fsp3) is 0.783. The van der Waals surface area contributed by atoms with Crippen molar-refractivity contribution in [1.82, 2.24) is 0 Å². The Morgan fingerprint density at radius 3 is 2.41 bits per heavy atom. The number of rotatable bonds is 16. The molecule has 0 aromatic heterocycles. The summed E-state index contributed by atoms with van der Waals surface area (Å²) in [6.07, 6.45) is 11.2. The van der Waals surface area contributed by atoms with Gasteiger partial charge in [-0.1, -0.05) is 64.3 Å². The maximum absolute atomic E-state index is 12.0. The van der Waals surface area contributed by atoms with Gasteiger partial charge in [0.2, 0.25) is 0 Å². The lowest BCUT2D eigenvalue weighted by molar-refractivity contribution is -0.292. The zero-order chi connectivity index (χ0) is 40.1. The highest BCUT2D eigenvalue weighted by Gasteiger charge is 2.68. The Balaban J connectivity index is 0.796. The van der Waals surface area contributed by atoms with Crippen LogP contribution in [0.4, 0.5) is 0 Å². The first kappa shape index (κ1) is 42.2. The van der Waals surface area contributed by atoms with E-state index in [9.17, 15) is 4.57 Å². The molecule has 1 aromatic rings. The van der Waals surface area contributed by atoms with Gasteiger partial charge in [0.05, 0.1) is 67.2 Å². The molecule has 12 heteroatoms. The van der Waals surface area contributed by atoms with Crippen molar-refractivity contribution in [2.45, 2.75) is 201 Å². The Bertz CT molecular complexity index is 1620. The maximum atomic E-state index is 12.0. The minimum absolute atomic E-state index is 0.00274. The first-order chi connectivity index (χ1) is 28.1. The normalized spacial score (nSPS) is 46.2. The van der Waals surface area contributed by atoms with Crippen LogP contribution in [0.5, 0.6) is 0 Å². The first-order valence-electron chi connectivity index (χ1n) is 22.5. The Labute approximate surface area is 349 Å². The number of hydrogen-bond donors (Lipinski definition) is 0. The lowest BCUT2D eigenvalue weighted by Crippen LogP contribution is -2.61. The number of ether oxygens (including phenoxy) is 8. The van der Waals surface area contributed by atoms with Crippen LogP contribution in [0, 0.1) is 17.8 Å². The van der Waals surface area contributed by atoms with E-state index in [1.54, 1.807) is 0 Å². The van der Waals surface area contributed by atoms with Gasteiger partial charge < -0.3 is 42.4 Å². The standard InChI is InChI=1S/C46H66O10P2/c1-6-30-12-15-36-41(51-30)45-44-43(53-36)42-40(54-44)23-46(55-42,56-45)17-16-32-19-26(3)35(49-32)14-13-31-18-25(2)27(4)38(50-31)22-39-34(20-29-10-8-7-9-11-29)28(5)37(52-39)21-33(58-47)24-48-57/h7-11,25,28,30-45H,3-4,6,12-24,57H2,1-2,5H3/t25-,28-,30+,31+,32+,33+,34-,35?,36+,37-,38?,39+,40?,41+,42+,43+,44?,45+,46+/m1/s1. The monoisotopic (exact) mass is 840 g/mol. The van der Waals surface area contributed by atoms with Crippen molar-refractivity contribution in [2.24, 2.45) is 17.8 Å². The fourth-order valence-corrected chi connectivity index (χ4v) is 12.7. The van der Waals surface area contributed by atoms with Crippen molar-refractivity contribution in [2.75, 3.05) is 6.61 Å². The van der Waals surface area contributed by atoms with Crippen LogP contribution in [0.1, 0.15) is 103 Å². The number of hydrogen-bond acceptors (Lipinski definition) is 10. The van der Waals surface area contributed by atoms with E-state index in [1.165, 1.54) is 11.1 Å². The van der Waals surface area contributed by atoms with Crippen molar-refractivity contribution >= 4 is 17.9 Å². The lowest BCUT2D eigenvalue weighted by atomic mass is 9.79. The van der Waals surface area contributed by atoms with E-state index in [-0.39, 0.29) is 99.6 Å². The Kier molecular flexibility index (Phi) is 13.0. The van der Waals surface area contributed by atoms with Crippen LogP contribution in [0.15, 0.2) is 54.6 Å². The Morgan fingerprint density at radius 2 is 1.62 bits per heavy atom. The third kappa shape index (κ3) is 8.50. The molecule has 58 heavy (non-hydrogen) atoms. The van der Waals surface area contributed by atoms with E-state index in [0.717, 1.165) is 82.6 Å². The van der Waals surface area contributed by atoms with E-state index < -0.39 is 5.79 Å². The van der Waals surface area contributed by atoms with Gasteiger partial charge in [-0.3, -0.25) is 4.57 Å². The van der Waals surface area contributed by atoms with Crippen molar-refractivity contribution < 1.29 is 47.0 Å². The zero-order valence-corrected chi connectivity index (χ0v) is 36.7. The molecule has 5 unspecified atom stereocenters. The van der Waals surface area contributed by atoms with E-state index in [0.29, 0.717) is 30.8 Å². The minimum Gasteiger partial charge on any atom is -0.374 e. The van der Waals surface area contributed by atoms with E-state index in [1.807, 2.05) is 0 Å². The summed E-state index contributed by atoms with van der Waals surface area (Å²) >= 11 is 0. The molecule has 10 nitrogen and oxygen atoms in total. The number of benzene rings is 1. The second-order valence-electron chi connectivity index (χ2n) is 18.9. The molecule has 0 aliphatic carbocycles. The van der Waals surface area contributed by atoms with E-state index >= 15 is 0 Å². The van der Waals surface area contributed by atoms with Crippen LogP contribution in [0.2, 0.25) is 0 Å². The molecule has 9 aliphatic rings. The van der Waals surface area contributed by atoms with Gasteiger partial charge in [0, 0.05) is 28.7 Å². The molecular weight excluding hydrogens is 774 g/mol. The smallest absolute Gasteiger partial charge is 0.172 e. The predicted molar refractivity (Wildman–Crippen MR) is 223 cm³/mol. The van der Waals surface area contributed by atoms with Gasteiger partial charge in [-0.05, 0) is 98.7 Å². The lowest BCUT2D eigenvalue weighted by Gasteiger charge is -2.47. The fourth-order valence-electron chi connectivity index (χ4n) is 11.9. The number of fused-ring (bicyclic) bond motifs is 1. The summed E-state index contributed by atoms with van der Waals surface area (Å²) in [4.78, 5) is 0. The van der Waals surface area contributed by atoms with Gasteiger partial charge in [-0.25, -0.2) is 0 Å². The Morgan fingerprint density at radius 1 is 0.845 bits per heavy atom. The van der Waals surface area contributed by atoms with Gasteiger partial charge >= 0.3 is 0 Å². The summed E-state index contributed by atoms with van der Waals surface area (Å²) in [5.74, 6) is 0.272. The molecule has 0 radical (unpaired) electrons. The largest absolute Gasteiger partial charge is 0.374 e. The zero-order valence-electron chi connectivity index (χ0n) is 34.7. The van der Waals surface area contributed by atoms with Crippen LogP contribution in [0.3, 0.4) is 0 Å². The van der Waals surface area contributed by atoms with Crippen molar-refractivity contribution in [1.29, 1.82) is 0 Å². The van der Waals surface area contributed by atoms with Crippen LogP contribution in [-0.2, 0) is 53.4 Å². The molecule has 9 aliphatic heterocycles. The van der Waals surface area contributed by atoms with Gasteiger partial charge in [-0.15, -0.1) is 0 Å². The molecule has 0 N–H and O–H groups in total. The third-order valence-electron chi connectivity index (χ3n) is 15.2. The molecule has 9 saturated heterocycles. The van der Waals surface area contributed by atoms with Crippen LogP contribution < -0.4 is 0 Å². The van der Waals surface area contributed by atoms with Crippen molar-refractivity contribution in [3.05, 3.63) is 60.2 Å². The quantitative estimate of drug-likeness (QED) is 0.119. The highest BCUT2D eigenvalue weighted by molar-refractivity contribution is 7.24. The topological polar surface area (TPSA) is 100 Å². The second kappa shape index (κ2) is 17.9. The van der Waals surface area contributed by atoms with Gasteiger partial charge in [0.25, 0.3) is 0 Å². The molecule has 0 spiro atoms. The molecule has 0 amide bonds.